The van der Waals surface area contributed by atoms with E-state index >= 15 is 0 Å². The van der Waals surface area contributed by atoms with Gasteiger partial charge in [-0.25, -0.2) is 13.4 Å². The molecule has 2 N–H and O–H groups in total. The first-order valence-corrected chi connectivity index (χ1v) is 7.94. The summed E-state index contributed by atoms with van der Waals surface area (Å²) in [6.45, 7) is 4.26. The highest BCUT2D eigenvalue weighted by molar-refractivity contribution is 7.93. The van der Waals surface area contributed by atoms with E-state index in [2.05, 4.69) is 19.4 Å². The first kappa shape index (κ1) is 13.8. The van der Waals surface area contributed by atoms with Crippen LogP contribution in [0.1, 0.15) is 12.7 Å². The Labute approximate surface area is 116 Å². The molecule has 0 spiro atoms. The van der Waals surface area contributed by atoms with Gasteiger partial charge in [-0.2, -0.15) is 4.37 Å². The molecular formula is C11H14N4O2S2. The maximum absolute atomic E-state index is 12.3. The zero-order valence-electron chi connectivity index (χ0n) is 10.5. The van der Waals surface area contributed by atoms with Crippen LogP contribution in [0.5, 0.6) is 0 Å². The first-order valence-electron chi connectivity index (χ1n) is 5.69. The van der Waals surface area contributed by atoms with Crippen LogP contribution in [0.2, 0.25) is 0 Å². The third-order valence-corrected chi connectivity index (χ3v) is 4.54. The molecular weight excluding hydrogens is 284 g/mol. The number of benzene rings is 1. The standard InChI is InChI=1S/C11H14N4O2S2/c1-3-12-9-6-4-5-7-10(9)19(16,17)15-11-13-8(2)14-18-11/h4-7,12H,3H2,1-2H3,(H,13,14,15). The molecule has 0 aliphatic rings. The maximum Gasteiger partial charge on any atom is 0.265 e. The minimum absolute atomic E-state index is 0.199. The smallest absolute Gasteiger partial charge is 0.265 e. The van der Waals surface area contributed by atoms with Crippen molar-refractivity contribution >= 4 is 32.4 Å². The van der Waals surface area contributed by atoms with Gasteiger partial charge in [-0.15, -0.1) is 0 Å². The predicted molar refractivity (Wildman–Crippen MR) is 76.1 cm³/mol. The molecule has 1 aromatic carbocycles. The zero-order chi connectivity index (χ0) is 13.9. The Bertz CT molecular complexity index is 667. The van der Waals surface area contributed by atoms with Crippen LogP contribution >= 0.6 is 11.5 Å². The van der Waals surface area contributed by atoms with Gasteiger partial charge in [-0.1, -0.05) is 12.1 Å². The minimum atomic E-state index is -3.66. The fourth-order valence-electron chi connectivity index (χ4n) is 1.55. The van der Waals surface area contributed by atoms with Gasteiger partial charge in [0, 0.05) is 18.1 Å². The molecule has 0 aliphatic carbocycles. The number of hydrogen-bond acceptors (Lipinski definition) is 6. The van der Waals surface area contributed by atoms with E-state index in [4.69, 9.17) is 0 Å². The number of nitrogens with zero attached hydrogens (tertiary/aromatic N) is 2. The van der Waals surface area contributed by atoms with Crippen LogP contribution < -0.4 is 10.0 Å². The van der Waals surface area contributed by atoms with E-state index in [1.807, 2.05) is 6.92 Å². The third kappa shape index (κ3) is 3.21. The molecule has 6 nitrogen and oxygen atoms in total. The van der Waals surface area contributed by atoms with Gasteiger partial charge in [0.1, 0.15) is 10.7 Å². The molecule has 0 unspecified atom stereocenters. The molecule has 0 saturated heterocycles. The number of anilines is 2. The molecule has 0 bridgehead atoms. The highest BCUT2D eigenvalue weighted by Crippen LogP contribution is 2.24. The average molecular weight is 298 g/mol. The summed E-state index contributed by atoms with van der Waals surface area (Å²) in [7, 11) is -3.66. The lowest BCUT2D eigenvalue weighted by Gasteiger charge is -2.11. The first-order chi connectivity index (χ1) is 9.03. The molecule has 0 amide bonds. The van der Waals surface area contributed by atoms with E-state index in [0.29, 0.717) is 18.1 Å². The summed E-state index contributed by atoms with van der Waals surface area (Å²) in [5, 5.41) is 3.29. The second-order valence-electron chi connectivity index (χ2n) is 3.78. The number of para-hydroxylation sites is 1. The number of sulfonamides is 1. The molecule has 8 heteroatoms. The van der Waals surface area contributed by atoms with Crippen molar-refractivity contribution in [1.29, 1.82) is 0 Å². The quantitative estimate of drug-likeness (QED) is 0.883. The van der Waals surface area contributed by atoms with Crippen LogP contribution in [-0.2, 0) is 10.0 Å². The van der Waals surface area contributed by atoms with Crippen molar-refractivity contribution in [3.8, 4) is 0 Å². The lowest BCUT2D eigenvalue weighted by molar-refractivity contribution is 0.601. The van der Waals surface area contributed by atoms with Crippen LogP contribution in [0.15, 0.2) is 29.2 Å². The van der Waals surface area contributed by atoms with Crippen LogP contribution in [0, 0.1) is 6.92 Å². The van der Waals surface area contributed by atoms with Crippen molar-refractivity contribution in [1.82, 2.24) is 9.36 Å². The van der Waals surface area contributed by atoms with Gasteiger partial charge in [-0.05, 0) is 26.0 Å². The molecule has 0 radical (unpaired) electrons. The summed E-state index contributed by atoms with van der Waals surface area (Å²) in [5.74, 6) is 0.544. The summed E-state index contributed by atoms with van der Waals surface area (Å²) in [5.41, 5.74) is 0.568. The summed E-state index contributed by atoms with van der Waals surface area (Å²) >= 11 is 1.02. The summed E-state index contributed by atoms with van der Waals surface area (Å²) in [4.78, 5) is 4.19. The number of nitrogens with one attached hydrogen (secondary N) is 2. The number of hydrogen-bond donors (Lipinski definition) is 2. The van der Waals surface area contributed by atoms with E-state index in [9.17, 15) is 8.42 Å². The van der Waals surface area contributed by atoms with E-state index in [0.717, 1.165) is 11.5 Å². The summed E-state index contributed by atoms with van der Waals surface area (Å²) in [6, 6.07) is 6.74. The van der Waals surface area contributed by atoms with Crippen molar-refractivity contribution < 1.29 is 8.42 Å². The van der Waals surface area contributed by atoms with Gasteiger partial charge in [0.05, 0.1) is 5.69 Å². The van der Waals surface area contributed by atoms with Crippen LogP contribution in [0.25, 0.3) is 0 Å². The van der Waals surface area contributed by atoms with Crippen LogP contribution in [0.4, 0.5) is 10.8 Å². The lowest BCUT2D eigenvalue weighted by atomic mass is 10.3. The summed E-state index contributed by atoms with van der Waals surface area (Å²) < 4.78 is 31.0. The fourth-order valence-corrected chi connectivity index (χ4v) is 3.53. The van der Waals surface area contributed by atoms with E-state index in [1.54, 1.807) is 31.2 Å². The fraction of sp³-hybridized carbons (Fsp3) is 0.273. The summed E-state index contributed by atoms with van der Waals surface area (Å²) in [6.07, 6.45) is 0. The van der Waals surface area contributed by atoms with Crippen LogP contribution in [0.3, 0.4) is 0 Å². The SMILES string of the molecule is CCNc1ccccc1S(=O)(=O)Nc1nc(C)ns1. The molecule has 102 valence electrons. The highest BCUT2D eigenvalue weighted by atomic mass is 32.2. The molecule has 0 saturated carbocycles. The Morgan fingerprint density at radius 3 is 2.68 bits per heavy atom. The molecule has 2 rings (SSSR count). The van der Waals surface area contributed by atoms with Gasteiger partial charge in [0.2, 0.25) is 5.13 Å². The maximum atomic E-state index is 12.3. The van der Waals surface area contributed by atoms with E-state index in [-0.39, 0.29) is 10.0 Å². The van der Waals surface area contributed by atoms with Crippen molar-refractivity contribution in [3.63, 3.8) is 0 Å². The Kier molecular flexibility index (Phi) is 4.01. The average Bonchev–Trinajstić information content (AvgIpc) is 2.75. The third-order valence-electron chi connectivity index (χ3n) is 2.29. The van der Waals surface area contributed by atoms with E-state index in [1.165, 1.54) is 0 Å². The number of rotatable bonds is 5. The molecule has 0 fully saturated rings. The van der Waals surface area contributed by atoms with Crippen molar-refractivity contribution in [2.75, 3.05) is 16.6 Å². The molecule has 0 atom stereocenters. The van der Waals surface area contributed by atoms with Gasteiger partial charge < -0.3 is 5.32 Å². The second kappa shape index (κ2) is 5.54. The van der Waals surface area contributed by atoms with Gasteiger partial charge >= 0.3 is 0 Å². The molecule has 0 aliphatic heterocycles. The van der Waals surface area contributed by atoms with E-state index < -0.39 is 10.0 Å². The molecule has 1 heterocycles. The lowest BCUT2D eigenvalue weighted by Crippen LogP contribution is -2.15. The normalized spacial score (nSPS) is 11.3. The Hall–Kier alpha value is -1.67. The Balaban J connectivity index is 2.34. The topological polar surface area (TPSA) is 84.0 Å². The Morgan fingerprint density at radius 2 is 2.05 bits per heavy atom. The minimum Gasteiger partial charge on any atom is -0.384 e. The second-order valence-corrected chi connectivity index (χ2v) is 6.18. The van der Waals surface area contributed by atoms with Gasteiger partial charge in [-0.3, -0.25) is 4.72 Å². The molecule has 1 aromatic heterocycles. The highest BCUT2D eigenvalue weighted by Gasteiger charge is 2.19. The Morgan fingerprint density at radius 1 is 1.32 bits per heavy atom. The van der Waals surface area contributed by atoms with Crippen molar-refractivity contribution in [3.05, 3.63) is 30.1 Å². The monoisotopic (exact) mass is 298 g/mol. The zero-order valence-corrected chi connectivity index (χ0v) is 12.2. The number of aromatic nitrogens is 2. The molecule has 19 heavy (non-hydrogen) atoms. The largest absolute Gasteiger partial charge is 0.384 e. The number of aryl methyl sites for hydroxylation is 1. The molecule has 2 aromatic rings. The van der Waals surface area contributed by atoms with Gasteiger partial charge in [0.25, 0.3) is 10.0 Å². The van der Waals surface area contributed by atoms with Crippen LogP contribution in [-0.4, -0.2) is 24.3 Å². The van der Waals surface area contributed by atoms with Gasteiger partial charge in [0.15, 0.2) is 0 Å². The van der Waals surface area contributed by atoms with Crippen molar-refractivity contribution in [2.24, 2.45) is 0 Å². The van der Waals surface area contributed by atoms with Crippen molar-refractivity contribution in [2.45, 2.75) is 18.7 Å². The predicted octanol–water partition coefficient (Wildman–Crippen LogP) is 2.08.